The van der Waals surface area contributed by atoms with E-state index in [-0.39, 0.29) is 28.9 Å². The first-order valence-electron chi connectivity index (χ1n) is 18.5. The minimum Gasteiger partial charge on any atom is -0.496 e. The number of hydrogen-bond donors (Lipinski definition) is 1. The summed E-state index contributed by atoms with van der Waals surface area (Å²) in [4.78, 5) is 13.1. The van der Waals surface area contributed by atoms with Gasteiger partial charge in [0.05, 0.1) is 33.8 Å². The van der Waals surface area contributed by atoms with E-state index in [0.717, 1.165) is 5.56 Å². The first kappa shape index (κ1) is 41.1. The smallest absolute Gasteiger partial charge is 0.341 e. The Morgan fingerprint density at radius 1 is 0.782 bits per heavy atom. The molecule has 0 aromatic heterocycles. The van der Waals surface area contributed by atoms with Crippen LogP contribution < -0.4 is 29.3 Å². The first-order valence-corrected chi connectivity index (χ1v) is 20.4. The summed E-state index contributed by atoms with van der Waals surface area (Å²) in [6.45, 7) is 13.3. The van der Waals surface area contributed by atoms with Gasteiger partial charge in [0.1, 0.15) is 41.3 Å². The van der Waals surface area contributed by atoms with Crippen molar-refractivity contribution >= 4 is 35.4 Å². The van der Waals surface area contributed by atoms with Crippen LogP contribution in [0.4, 0.5) is 0 Å². The van der Waals surface area contributed by atoms with Gasteiger partial charge in [0, 0.05) is 23.1 Å². The number of fused-ring (bicyclic) bond motifs is 1. The first-order chi connectivity index (χ1) is 26.3. The van der Waals surface area contributed by atoms with Crippen molar-refractivity contribution in [3.63, 3.8) is 0 Å². The Morgan fingerprint density at radius 2 is 1.33 bits per heavy atom. The number of esters is 1. The number of carbonyl (C=O) groups is 1. The fourth-order valence-corrected chi connectivity index (χ4v) is 12.3. The maximum absolute atomic E-state index is 13.1. The average molecular weight is 763 g/mol. The summed E-state index contributed by atoms with van der Waals surface area (Å²) in [7, 11) is 3.10. The summed E-state index contributed by atoms with van der Waals surface area (Å²) >= 11 is 0. The lowest BCUT2D eigenvalue weighted by Gasteiger charge is -2.43. The lowest BCUT2D eigenvalue weighted by atomic mass is 9.89. The molecule has 0 saturated heterocycles. The molecule has 0 aliphatic carbocycles. The van der Waals surface area contributed by atoms with E-state index >= 15 is 0 Å². The molecule has 0 saturated carbocycles. The highest BCUT2D eigenvalue weighted by atomic mass is 28.4. The number of ether oxygens (including phenoxy) is 5. The van der Waals surface area contributed by atoms with Crippen molar-refractivity contribution in [2.24, 2.45) is 5.92 Å². The monoisotopic (exact) mass is 762 g/mol. The molecule has 9 heteroatoms. The van der Waals surface area contributed by atoms with Crippen LogP contribution in [-0.2, 0) is 15.8 Å². The number of aliphatic hydroxyl groups excluding tert-OH is 1. The third-order valence-corrected chi connectivity index (χ3v) is 15.2. The number of rotatable bonds is 15. The van der Waals surface area contributed by atoms with Gasteiger partial charge < -0.3 is 33.2 Å². The largest absolute Gasteiger partial charge is 0.496 e. The molecule has 0 spiro atoms. The minimum atomic E-state index is -2.79. The average Bonchev–Trinajstić information content (AvgIpc) is 3.19. The van der Waals surface area contributed by atoms with Crippen molar-refractivity contribution in [1.82, 2.24) is 0 Å². The van der Waals surface area contributed by atoms with Gasteiger partial charge in [0.15, 0.2) is 0 Å². The topological polar surface area (TPSA) is 92.7 Å². The van der Waals surface area contributed by atoms with Crippen LogP contribution in [0.3, 0.4) is 0 Å². The molecular weight excluding hydrogens is 709 g/mol. The molecule has 5 rings (SSSR count). The van der Waals surface area contributed by atoms with Gasteiger partial charge in [0.25, 0.3) is 8.32 Å². The molecule has 0 fully saturated rings. The van der Waals surface area contributed by atoms with Gasteiger partial charge in [-0.05, 0) is 52.4 Å². The van der Waals surface area contributed by atoms with Gasteiger partial charge in [-0.2, -0.15) is 0 Å². The molecule has 1 N–H and O–H groups in total. The van der Waals surface area contributed by atoms with Gasteiger partial charge in [0.2, 0.25) is 0 Å². The Bertz CT molecular complexity index is 2070. The van der Waals surface area contributed by atoms with Gasteiger partial charge in [-0.1, -0.05) is 125 Å². The zero-order valence-electron chi connectivity index (χ0n) is 33.7. The maximum atomic E-state index is 13.1. The van der Waals surface area contributed by atoms with E-state index in [9.17, 15) is 9.90 Å². The predicted octanol–water partition coefficient (Wildman–Crippen LogP) is 8.73. The van der Waals surface area contributed by atoms with Crippen LogP contribution in [-0.4, -0.2) is 54.4 Å². The van der Waals surface area contributed by atoms with Crippen LogP contribution in [0, 0.1) is 12.8 Å². The van der Waals surface area contributed by atoms with Crippen molar-refractivity contribution in [3.8, 4) is 23.0 Å². The van der Waals surface area contributed by atoms with Gasteiger partial charge >= 0.3 is 5.97 Å². The normalized spacial score (nSPS) is 13.3. The summed E-state index contributed by atoms with van der Waals surface area (Å²) in [5.41, 5.74) is 2.88. The van der Waals surface area contributed by atoms with Crippen molar-refractivity contribution in [3.05, 3.63) is 131 Å². The molecule has 5 aromatic carbocycles. The highest BCUT2D eigenvalue weighted by Crippen LogP contribution is 2.52. The number of aliphatic hydroxyl groups is 1. The fraction of sp³-hybridized carbons (Fsp3) is 0.326. The Labute approximate surface area is 326 Å². The van der Waals surface area contributed by atoms with E-state index in [1.807, 2.05) is 56.3 Å². The van der Waals surface area contributed by atoms with Crippen molar-refractivity contribution in [2.75, 3.05) is 35.0 Å². The van der Waals surface area contributed by atoms with E-state index in [2.05, 4.69) is 82.3 Å². The van der Waals surface area contributed by atoms with Crippen LogP contribution in [0.25, 0.3) is 10.8 Å². The molecule has 55 heavy (non-hydrogen) atoms. The number of benzene rings is 5. The molecule has 0 bridgehead atoms. The molecule has 5 aromatic rings. The summed E-state index contributed by atoms with van der Waals surface area (Å²) in [5.74, 6) is 0.736. The quantitative estimate of drug-likeness (QED) is 0.0644. The zero-order valence-corrected chi connectivity index (χ0v) is 34.7. The van der Waals surface area contributed by atoms with E-state index in [4.69, 9.17) is 28.1 Å². The second-order valence-corrected chi connectivity index (χ2v) is 19.1. The van der Waals surface area contributed by atoms with Crippen LogP contribution in [0.1, 0.15) is 67.8 Å². The summed E-state index contributed by atoms with van der Waals surface area (Å²) in [6.07, 6.45) is 0.910. The Morgan fingerprint density at radius 3 is 1.82 bits per heavy atom. The van der Waals surface area contributed by atoms with E-state index < -0.39 is 20.4 Å². The standard InChI is InChI=1S/C46H54O8Si/c1-30(28-54-55(46(4,5)6,34-22-16-12-17-23-34)35-24-18-13-19-25-35)26-31(2)41(47)39-38-37(49-7)27-36(45(48)52-10)44(51-9)40(38)43(32(3)42(39)50-8)53-29-33-20-14-11-15-21-33/h11-27,30,41,47H,28-29H2,1-10H3/b31-26+/t30-,41-/m0/s1. The number of methoxy groups -OCH3 is 4. The Balaban J connectivity index is 1.63. The van der Waals surface area contributed by atoms with Gasteiger partial charge in [-0.3, -0.25) is 0 Å². The van der Waals surface area contributed by atoms with Crippen molar-refractivity contribution in [2.45, 2.75) is 59.3 Å². The molecule has 0 unspecified atom stereocenters. The molecule has 8 nitrogen and oxygen atoms in total. The maximum Gasteiger partial charge on any atom is 0.341 e. The van der Waals surface area contributed by atoms with E-state index in [1.54, 1.807) is 13.2 Å². The highest BCUT2D eigenvalue weighted by Gasteiger charge is 2.50. The van der Waals surface area contributed by atoms with Crippen molar-refractivity contribution in [1.29, 1.82) is 0 Å². The van der Waals surface area contributed by atoms with Crippen LogP contribution >= 0.6 is 0 Å². The number of carbonyl (C=O) groups excluding carboxylic acids is 1. The fourth-order valence-electron chi connectivity index (χ4n) is 7.63. The van der Waals surface area contributed by atoms with Crippen molar-refractivity contribution < 1.29 is 38.0 Å². The lowest BCUT2D eigenvalue weighted by molar-refractivity contribution is 0.0597. The molecule has 0 heterocycles. The highest BCUT2D eigenvalue weighted by molar-refractivity contribution is 6.99. The molecule has 0 amide bonds. The molecule has 290 valence electrons. The Hall–Kier alpha value is -5.09. The summed E-state index contributed by atoms with van der Waals surface area (Å²) in [5, 5.41) is 15.6. The molecule has 0 radical (unpaired) electrons. The molecular formula is C46H54O8Si. The molecule has 0 aliphatic heterocycles. The predicted molar refractivity (Wildman–Crippen MR) is 222 cm³/mol. The van der Waals surface area contributed by atoms with Gasteiger partial charge in [-0.15, -0.1) is 0 Å². The zero-order chi connectivity index (χ0) is 39.9. The van der Waals surface area contributed by atoms with E-state index in [1.165, 1.54) is 31.7 Å². The number of hydrogen-bond acceptors (Lipinski definition) is 8. The van der Waals surface area contributed by atoms with Gasteiger partial charge in [-0.25, -0.2) is 4.79 Å². The minimum absolute atomic E-state index is 0.0782. The van der Waals surface area contributed by atoms with E-state index in [0.29, 0.717) is 51.3 Å². The lowest BCUT2D eigenvalue weighted by Crippen LogP contribution is -2.66. The second kappa shape index (κ2) is 17.6. The van der Waals surface area contributed by atoms with Crippen LogP contribution in [0.2, 0.25) is 5.04 Å². The second-order valence-electron chi connectivity index (χ2n) is 14.8. The summed E-state index contributed by atoms with van der Waals surface area (Å²) in [6, 6.07) is 32.4. The van der Waals surface area contributed by atoms with Crippen LogP contribution in [0.5, 0.6) is 23.0 Å². The van der Waals surface area contributed by atoms with Crippen LogP contribution in [0.15, 0.2) is 109 Å². The third kappa shape index (κ3) is 8.15. The molecule has 2 atom stereocenters. The molecule has 0 aliphatic rings. The Kier molecular flexibility index (Phi) is 13.1. The summed E-state index contributed by atoms with van der Waals surface area (Å²) < 4.78 is 36.9. The third-order valence-electron chi connectivity index (χ3n) is 10.2. The SMILES string of the molecule is COC(=O)c1cc(OC)c2c([C@@H](O)/C(C)=C/[C@H](C)CO[Si](c3ccccc3)(c3ccccc3)C(C)(C)C)c(OC)c(C)c(OCc3ccccc3)c2c1OC.